The van der Waals surface area contributed by atoms with Crippen molar-refractivity contribution in [1.29, 1.82) is 0 Å². The van der Waals surface area contributed by atoms with Gasteiger partial charge >= 0.3 is 6.03 Å². The molecule has 0 bridgehead atoms. The van der Waals surface area contributed by atoms with Crippen LogP contribution in [-0.4, -0.2) is 68.8 Å². The van der Waals surface area contributed by atoms with Gasteiger partial charge in [0.05, 0.1) is 7.11 Å². The number of benzene rings is 1. The molecule has 1 aliphatic carbocycles. The van der Waals surface area contributed by atoms with Gasteiger partial charge in [0.2, 0.25) is 15.9 Å². The van der Waals surface area contributed by atoms with Crippen molar-refractivity contribution in [2.75, 3.05) is 33.1 Å². The molecule has 31 heavy (non-hydrogen) atoms. The smallest absolute Gasteiger partial charge is 0.325 e. The number of hydrogen-bond donors (Lipinski definition) is 2. The fraction of sp³-hybridized carbons (Fsp3) is 0.550. The van der Waals surface area contributed by atoms with Gasteiger partial charge in [0, 0.05) is 19.8 Å². The minimum atomic E-state index is -3.81. The molecule has 2 aliphatic rings. The number of methoxy groups -OCH3 is 1. The van der Waals surface area contributed by atoms with Crippen LogP contribution in [0.4, 0.5) is 10.5 Å². The van der Waals surface area contributed by atoms with E-state index < -0.39 is 34.0 Å². The number of sulfonamides is 1. The van der Waals surface area contributed by atoms with Crippen LogP contribution in [0.2, 0.25) is 0 Å². The maximum atomic E-state index is 13.0. The van der Waals surface area contributed by atoms with E-state index in [-0.39, 0.29) is 28.2 Å². The van der Waals surface area contributed by atoms with Crippen molar-refractivity contribution in [3.63, 3.8) is 0 Å². The van der Waals surface area contributed by atoms with Gasteiger partial charge in [-0.05, 0) is 37.0 Å². The summed E-state index contributed by atoms with van der Waals surface area (Å²) in [6.07, 6.45) is 3.23. The van der Waals surface area contributed by atoms with Gasteiger partial charge in [-0.2, -0.15) is 0 Å². The molecule has 1 saturated carbocycles. The molecule has 2 atom stereocenters. The van der Waals surface area contributed by atoms with Crippen molar-refractivity contribution in [3.8, 4) is 5.75 Å². The molecule has 11 heteroatoms. The second-order valence-electron chi connectivity index (χ2n) is 8.14. The van der Waals surface area contributed by atoms with Crippen LogP contribution in [0, 0.1) is 5.92 Å². The molecule has 2 unspecified atom stereocenters. The first-order chi connectivity index (χ1) is 14.5. The molecule has 170 valence electrons. The van der Waals surface area contributed by atoms with E-state index in [1.54, 1.807) is 0 Å². The highest BCUT2D eigenvalue weighted by Crippen LogP contribution is 2.38. The first kappa shape index (κ1) is 23.0. The van der Waals surface area contributed by atoms with E-state index in [0.29, 0.717) is 6.42 Å². The summed E-state index contributed by atoms with van der Waals surface area (Å²) in [6.45, 7) is 1.48. The highest BCUT2D eigenvalue weighted by Gasteiger charge is 2.55. The third-order valence-corrected chi connectivity index (χ3v) is 7.85. The Labute approximate surface area is 182 Å². The second-order valence-corrected chi connectivity index (χ2v) is 10.3. The average Bonchev–Trinajstić information content (AvgIpc) is 2.95. The Kier molecular flexibility index (Phi) is 6.28. The topological polar surface area (TPSA) is 125 Å². The number of rotatable bonds is 6. The number of nitrogens with one attached hydrogen (secondary N) is 2. The summed E-state index contributed by atoms with van der Waals surface area (Å²) in [4.78, 5) is 38.9. The molecule has 1 saturated heterocycles. The molecular weight excluding hydrogens is 424 g/mol. The molecule has 1 aromatic rings. The number of nitrogens with zero attached hydrogens (tertiary/aromatic N) is 2. The Morgan fingerprint density at radius 2 is 2.03 bits per heavy atom. The number of anilines is 1. The lowest BCUT2D eigenvalue weighted by atomic mass is 9.73. The number of hydrogen-bond acceptors (Lipinski definition) is 6. The quantitative estimate of drug-likeness (QED) is 0.629. The number of amides is 4. The van der Waals surface area contributed by atoms with Gasteiger partial charge in [-0.1, -0.05) is 19.8 Å². The molecule has 1 aliphatic heterocycles. The van der Waals surface area contributed by atoms with Crippen LogP contribution in [0.5, 0.6) is 5.75 Å². The Hall–Kier alpha value is -2.66. The summed E-state index contributed by atoms with van der Waals surface area (Å²) >= 11 is 0. The van der Waals surface area contributed by atoms with Crippen LogP contribution in [0.25, 0.3) is 0 Å². The molecule has 1 aromatic carbocycles. The average molecular weight is 453 g/mol. The summed E-state index contributed by atoms with van der Waals surface area (Å²) in [5.41, 5.74) is -0.734. The van der Waals surface area contributed by atoms with E-state index in [1.807, 2.05) is 6.92 Å². The molecular formula is C20H28N4O6S. The zero-order valence-corrected chi connectivity index (χ0v) is 18.9. The molecule has 0 aromatic heterocycles. The Morgan fingerprint density at radius 3 is 2.65 bits per heavy atom. The number of urea groups is 1. The highest BCUT2D eigenvalue weighted by atomic mass is 32.2. The summed E-state index contributed by atoms with van der Waals surface area (Å²) in [5.74, 6) is -0.868. The monoisotopic (exact) mass is 452 g/mol. The molecule has 10 nitrogen and oxygen atoms in total. The molecule has 2 fully saturated rings. The zero-order chi connectivity index (χ0) is 23.0. The Balaban J connectivity index is 1.77. The van der Waals surface area contributed by atoms with Crippen molar-refractivity contribution in [2.24, 2.45) is 5.92 Å². The van der Waals surface area contributed by atoms with Gasteiger partial charge in [-0.3, -0.25) is 14.5 Å². The third kappa shape index (κ3) is 4.11. The predicted molar refractivity (Wildman–Crippen MR) is 113 cm³/mol. The second kappa shape index (κ2) is 8.46. The fourth-order valence-electron chi connectivity index (χ4n) is 4.14. The van der Waals surface area contributed by atoms with Crippen LogP contribution < -0.4 is 15.4 Å². The van der Waals surface area contributed by atoms with E-state index in [1.165, 1.54) is 39.4 Å². The number of imide groups is 1. The van der Waals surface area contributed by atoms with Crippen molar-refractivity contribution in [2.45, 2.75) is 43.0 Å². The summed E-state index contributed by atoms with van der Waals surface area (Å²) in [6, 6.07) is 3.61. The standard InChI is InChI=1S/C20H28N4O6S/c1-13-7-5-6-10-20(13)18(26)24(19(27)22-20)12-17(25)21-14-8-9-15(30-4)16(11-14)31(28,29)23(2)3/h8-9,11,13H,5-7,10,12H2,1-4H3,(H,21,25)(H,22,27). The van der Waals surface area contributed by atoms with E-state index >= 15 is 0 Å². The fourth-order valence-corrected chi connectivity index (χ4v) is 5.21. The van der Waals surface area contributed by atoms with Crippen LogP contribution in [-0.2, 0) is 19.6 Å². The zero-order valence-electron chi connectivity index (χ0n) is 18.1. The third-order valence-electron chi connectivity index (χ3n) is 6.01. The summed E-state index contributed by atoms with van der Waals surface area (Å²) in [5, 5.41) is 5.36. The van der Waals surface area contributed by atoms with Gasteiger partial charge in [-0.15, -0.1) is 0 Å². The predicted octanol–water partition coefficient (Wildman–Crippen LogP) is 1.38. The van der Waals surface area contributed by atoms with Gasteiger partial charge < -0.3 is 15.4 Å². The highest BCUT2D eigenvalue weighted by molar-refractivity contribution is 7.89. The van der Waals surface area contributed by atoms with Gasteiger partial charge in [0.1, 0.15) is 22.7 Å². The first-order valence-corrected chi connectivity index (χ1v) is 11.5. The van der Waals surface area contributed by atoms with Crippen LogP contribution >= 0.6 is 0 Å². The van der Waals surface area contributed by atoms with E-state index in [0.717, 1.165) is 28.5 Å². The van der Waals surface area contributed by atoms with Crippen molar-refractivity contribution >= 4 is 33.6 Å². The number of carbonyl (C=O) groups is 3. The molecule has 3 rings (SSSR count). The van der Waals surface area contributed by atoms with Crippen LogP contribution in [0.1, 0.15) is 32.6 Å². The van der Waals surface area contributed by atoms with Gasteiger partial charge in [0.25, 0.3) is 5.91 Å². The first-order valence-electron chi connectivity index (χ1n) is 10.1. The maximum Gasteiger partial charge on any atom is 0.325 e. The molecule has 4 amide bonds. The number of carbonyl (C=O) groups excluding carboxylic acids is 3. The Bertz CT molecular complexity index is 1010. The molecule has 1 heterocycles. The molecule has 0 radical (unpaired) electrons. The Morgan fingerprint density at radius 1 is 1.32 bits per heavy atom. The summed E-state index contributed by atoms with van der Waals surface area (Å²) < 4.78 is 31.3. The minimum absolute atomic E-state index is 0.00820. The minimum Gasteiger partial charge on any atom is -0.495 e. The largest absolute Gasteiger partial charge is 0.495 e. The normalized spacial score (nSPS) is 23.9. The maximum absolute atomic E-state index is 13.0. The summed E-state index contributed by atoms with van der Waals surface area (Å²) in [7, 11) is 0.312. The number of ether oxygens (including phenoxy) is 1. The lowest BCUT2D eigenvalue weighted by molar-refractivity contribution is -0.136. The molecule has 2 N–H and O–H groups in total. The van der Waals surface area contributed by atoms with Crippen molar-refractivity contribution < 1.29 is 27.5 Å². The SMILES string of the molecule is COc1ccc(NC(=O)CN2C(=O)NC3(CCCCC3C)C2=O)cc1S(=O)(=O)N(C)C. The van der Waals surface area contributed by atoms with Crippen molar-refractivity contribution in [1.82, 2.24) is 14.5 Å². The molecule has 1 spiro atoms. The lowest BCUT2D eigenvalue weighted by Gasteiger charge is -2.36. The van der Waals surface area contributed by atoms with Gasteiger partial charge in [0.15, 0.2) is 0 Å². The van der Waals surface area contributed by atoms with E-state index in [4.69, 9.17) is 4.74 Å². The van der Waals surface area contributed by atoms with Crippen molar-refractivity contribution in [3.05, 3.63) is 18.2 Å². The van der Waals surface area contributed by atoms with Crippen LogP contribution in [0.3, 0.4) is 0 Å². The van der Waals surface area contributed by atoms with Crippen LogP contribution in [0.15, 0.2) is 23.1 Å². The lowest BCUT2D eigenvalue weighted by Crippen LogP contribution is -2.54. The van der Waals surface area contributed by atoms with E-state index in [9.17, 15) is 22.8 Å². The van der Waals surface area contributed by atoms with E-state index in [2.05, 4.69) is 10.6 Å². The van der Waals surface area contributed by atoms with Gasteiger partial charge in [-0.25, -0.2) is 17.5 Å².